The third-order valence-corrected chi connectivity index (χ3v) is 3.72. The van der Waals surface area contributed by atoms with Gasteiger partial charge in [0.05, 0.1) is 0 Å². The highest BCUT2D eigenvalue weighted by atomic mass is 16.5. The predicted molar refractivity (Wildman–Crippen MR) is 90.2 cm³/mol. The molecule has 5 heteroatoms. The zero-order valence-corrected chi connectivity index (χ0v) is 14.8. The minimum absolute atomic E-state index is 0.145. The molecule has 0 aromatic heterocycles. The Morgan fingerprint density at radius 3 is 2.22 bits per heavy atom. The quantitative estimate of drug-likeness (QED) is 0.299. The largest absolute Gasteiger partial charge is 0.481 e. The highest BCUT2D eigenvalue weighted by Gasteiger charge is 2.14. The molecule has 0 unspecified atom stereocenters. The molecular weight excluding hydrogens is 296 g/mol. The van der Waals surface area contributed by atoms with E-state index in [4.69, 9.17) is 14.6 Å². The lowest BCUT2D eigenvalue weighted by Gasteiger charge is -2.17. The first-order chi connectivity index (χ1) is 10.8. The van der Waals surface area contributed by atoms with Crippen molar-refractivity contribution >= 4 is 11.9 Å². The smallest absolute Gasteiger partial charge is 0.306 e. The van der Waals surface area contributed by atoms with E-state index >= 15 is 0 Å². The molecular formula is C18H32O5. The van der Waals surface area contributed by atoms with Crippen molar-refractivity contribution in [1.29, 1.82) is 0 Å². The molecule has 0 aliphatic rings. The first kappa shape index (κ1) is 21.6. The van der Waals surface area contributed by atoms with Gasteiger partial charge in [0.2, 0.25) is 0 Å². The molecule has 5 nitrogen and oxygen atoms in total. The van der Waals surface area contributed by atoms with Crippen LogP contribution in [-0.2, 0) is 19.1 Å². The molecule has 0 spiro atoms. The van der Waals surface area contributed by atoms with Crippen LogP contribution in [0.2, 0.25) is 0 Å². The van der Waals surface area contributed by atoms with E-state index in [9.17, 15) is 9.59 Å². The summed E-state index contributed by atoms with van der Waals surface area (Å²) in [5.41, 5.74) is 0. The van der Waals surface area contributed by atoms with Gasteiger partial charge in [-0.2, -0.15) is 0 Å². The van der Waals surface area contributed by atoms with Gasteiger partial charge in [0, 0.05) is 26.1 Å². The molecule has 0 rings (SSSR count). The van der Waals surface area contributed by atoms with Crippen molar-refractivity contribution in [2.75, 3.05) is 19.8 Å². The first-order valence-corrected chi connectivity index (χ1v) is 8.41. The van der Waals surface area contributed by atoms with Gasteiger partial charge in [0.25, 0.3) is 0 Å². The van der Waals surface area contributed by atoms with E-state index in [1.54, 1.807) is 6.08 Å². The number of carbonyl (C=O) groups excluding carboxylic acids is 1. The Morgan fingerprint density at radius 2 is 1.65 bits per heavy atom. The molecule has 1 N–H and O–H groups in total. The number of ether oxygens (including phenoxy) is 2. The standard InChI is InChI=1S/C18H32O5/c1-5-8-23-18(21)13-16(4)11-14(2)6-9-22-10-7-15(3)12-17(19)20/h5,14-16H,1,6-13H2,2-4H3,(H,19,20)/t14-,15-,16-/m1/s1. The fourth-order valence-corrected chi connectivity index (χ4v) is 2.45. The van der Waals surface area contributed by atoms with Crippen LogP contribution >= 0.6 is 0 Å². The van der Waals surface area contributed by atoms with E-state index in [1.807, 2.05) is 6.92 Å². The second-order valence-electron chi connectivity index (χ2n) is 6.51. The minimum Gasteiger partial charge on any atom is -0.481 e. The zero-order chi connectivity index (χ0) is 17.7. The van der Waals surface area contributed by atoms with Crippen molar-refractivity contribution in [3.63, 3.8) is 0 Å². The first-order valence-electron chi connectivity index (χ1n) is 8.41. The van der Waals surface area contributed by atoms with Gasteiger partial charge in [-0.15, -0.1) is 0 Å². The van der Waals surface area contributed by atoms with E-state index in [1.165, 1.54) is 0 Å². The van der Waals surface area contributed by atoms with E-state index in [0.717, 1.165) is 19.3 Å². The average Bonchev–Trinajstić information content (AvgIpc) is 2.43. The number of carboxylic acid groups (broad SMARTS) is 1. The van der Waals surface area contributed by atoms with Gasteiger partial charge in [0.15, 0.2) is 0 Å². The van der Waals surface area contributed by atoms with Gasteiger partial charge < -0.3 is 14.6 Å². The van der Waals surface area contributed by atoms with Gasteiger partial charge >= 0.3 is 11.9 Å². The Bertz CT molecular complexity index is 353. The normalized spacial score (nSPS) is 14.7. The third kappa shape index (κ3) is 14.0. The van der Waals surface area contributed by atoms with Gasteiger partial charge in [0.1, 0.15) is 6.61 Å². The summed E-state index contributed by atoms with van der Waals surface area (Å²) >= 11 is 0. The molecule has 0 heterocycles. The van der Waals surface area contributed by atoms with E-state index in [2.05, 4.69) is 20.4 Å². The Hall–Kier alpha value is -1.36. The molecule has 0 aliphatic carbocycles. The summed E-state index contributed by atoms with van der Waals surface area (Å²) < 4.78 is 10.6. The molecule has 0 bridgehead atoms. The topological polar surface area (TPSA) is 72.8 Å². The predicted octanol–water partition coefficient (Wildman–Crippen LogP) is 3.68. The van der Waals surface area contributed by atoms with Crippen molar-refractivity contribution in [2.45, 2.75) is 52.9 Å². The van der Waals surface area contributed by atoms with Crippen molar-refractivity contribution in [1.82, 2.24) is 0 Å². The molecule has 0 amide bonds. The van der Waals surface area contributed by atoms with Crippen LogP contribution in [0.25, 0.3) is 0 Å². The Kier molecular flexibility index (Phi) is 12.3. The van der Waals surface area contributed by atoms with Crippen molar-refractivity contribution in [2.24, 2.45) is 17.8 Å². The fraction of sp³-hybridized carbons (Fsp3) is 0.778. The zero-order valence-electron chi connectivity index (χ0n) is 14.8. The number of carbonyl (C=O) groups is 2. The lowest BCUT2D eigenvalue weighted by Crippen LogP contribution is -2.13. The van der Waals surface area contributed by atoms with Crippen LogP contribution < -0.4 is 0 Å². The van der Waals surface area contributed by atoms with Crippen LogP contribution in [0.3, 0.4) is 0 Å². The summed E-state index contributed by atoms with van der Waals surface area (Å²) in [6.45, 7) is 11.2. The molecule has 3 atom stereocenters. The van der Waals surface area contributed by atoms with Gasteiger partial charge in [-0.05, 0) is 37.0 Å². The van der Waals surface area contributed by atoms with Gasteiger partial charge in [-0.25, -0.2) is 0 Å². The monoisotopic (exact) mass is 328 g/mol. The second kappa shape index (κ2) is 13.1. The molecule has 0 aromatic rings. The van der Waals surface area contributed by atoms with Crippen molar-refractivity contribution in [3.05, 3.63) is 12.7 Å². The highest BCUT2D eigenvalue weighted by Crippen LogP contribution is 2.18. The average molecular weight is 328 g/mol. The molecule has 0 saturated heterocycles. The van der Waals surface area contributed by atoms with Gasteiger partial charge in [-0.1, -0.05) is 33.4 Å². The van der Waals surface area contributed by atoms with Gasteiger partial charge in [-0.3, -0.25) is 9.59 Å². The number of hydrogen-bond acceptors (Lipinski definition) is 4. The molecule has 0 radical (unpaired) electrons. The fourth-order valence-electron chi connectivity index (χ4n) is 2.45. The van der Waals surface area contributed by atoms with Crippen molar-refractivity contribution < 1.29 is 24.2 Å². The third-order valence-electron chi connectivity index (χ3n) is 3.72. The Morgan fingerprint density at radius 1 is 1.04 bits per heavy atom. The molecule has 0 fully saturated rings. The van der Waals surface area contributed by atoms with Crippen LogP contribution in [0.4, 0.5) is 0 Å². The maximum Gasteiger partial charge on any atom is 0.306 e. The van der Waals surface area contributed by atoms with Crippen LogP contribution in [0.1, 0.15) is 52.9 Å². The van der Waals surface area contributed by atoms with Crippen LogP contribution in [-0.4, -0.2) is 36.9 Å². The van der Waals surface area contributed by atoms with E-state index in [0.29, 0.717) is 25.6 Å². The molecule has 0 saturated carbocycles. The van der Waals surface area contributed by atoms with Crippen LogP contribution in [0.5, 0.6) is 0 Å². The number of rotatable bonds is 14. The molecule has 0 aromatic carbocycles. The van der Waals surface area contributed by atoms with Crippen LogP contribution in [0, 0.1) is 17.8 Å². The van der Waals surface area contributed by atoms with Crippen molar-refractivity contribution in [3.8, 4) is 0 Å². The number of carboxylic acids is 1. The number of aliphatic carboxylic acids is 1. The number of hydrogen-bond donors (Lipinski definition) is 1. The molecule has 134 valence electrons. The summed E-state index contributed by atoms with van der Waals surface area (Å²) in [7, 11) is 0. The molecule has 0 aliphatic heterocycles. The maximum absolute atomic E-state index is 11.5. The highest BCUT2D eigenvalue weighted by molar-refractivity contribution is 5.69. The lowest BCUT2D eigenvalue weighted by atomic mass is 9.93. The van der Waals surface area contributed by atoms with E-state index < -0.39 is 5.97 Å². The summed E-state index contributed by atoms with van der Waals surface area (Å²) in [4.78, 5) is 22.0. The van der Waals surface area contributed by atoms with E-state index in [-0.39, 0.29) is 30.8 Å². The summed E-state index contributed by atoms with van der Waals surface area (Å²) in [6.07, 6.45) is 4.87. The summed E-state index contributed by atoms with van der Waals surface area (Å²) in [5.74, 6) is -0.0157. The number of esters is 1. The molecule has 23 heavy (non-hydrogen) atoms. The second-order valence-corrected chi connectivity index (χ2v) is 6.51. The minimum atomic E-state index is -0.758. The van der Waals surface area contributed by atoms with Crippen LogP contribution in [0.15, 0.2) is 12.7 Å². The Labute approximate surface area is 140 Å². The Balaban J connectivity index is 3.66. The maximum atomic E-state index is 11.5. The summed E-state index contributed by atoms with van der Waals surface area (Å²) in [5, 5.41) is 8.67. The summed E-state index contributed by atoms with van der Waals surface area (Å²) in [6, 6.07) is 0. The lowest BCUT2D eigenvalue weighted by molar-refractivity contribution is -0.143. The SMILES string of the molecule is C=CCOC(=O)C[C@H](C)C[C@H](C)CCOCC[C@@H](C)CC(=O)O.